The van der Waals surface area contributed by atoms with Crippen molar-refractivity contribution < 1.29 is 9.90 Å². The molecule has 1 rings (SSSR count). The molecule has 1 aromatic heterocycles. The van der Waals surface area contributed by atoms with Crippen LogP contribution in [0.4, 0.5) is 0 Å². The molecule has 0 aliphatic carbocycles. The van der Waals surface area contributed by atoms with Gasteiger partial charge in [0, 0.05) is 12.2 Å². The molecule has 15 heavy (non-hydrogen) atoms. The predicted molar refractivity (Wildman–Crippen MR) is 57.4 cm³/mol. The highest BCUT2D eigenvalue weighted by Gasteiger charge is 2.15. The van der Waals surface area contributed by atoms with Crippen LogP contribution in [0, 0.1) is 13.8 Å². The quantitative estimate of drug-likeness (QED) is 0.822. The lowest BCUT2D eigenvalue weighted by molar-refractivity contribution is 0.0693. The number of hydrogen-bond acceptors (Lipinski definition) is 2. The molecule has 82 valence electrons. The van der Waals surface area contributed by atoms with Crippen molar-refractivity contribution in [2.75, 3.05) is 0 Å². The summed E-state index contributed by atoms with van der Waals surface area (Å²) in [6.07, 6.45) is 0.808. The van der Waals surface area contributed by atoms with Crippen LogP contribution in [0.25, 0.3) is 0 Å². The van der Waals surface area contributed by atoms with Crippen LogP contribution in [-0.2, 0) is 6.54 Å². The van der Waals surface area contributed by atoms with E-state index in [9.17, 15) is 9.59 Å². The zero-order valence-electron chi connectivity index (χ0n) is 9.20. The van der Waals surface area contributed by atoms with E-state index in [0.717, 1.165) is 12.1 Å². The van der Waals surface area contributed by atoms with E-state index in [4.69, 9.17) is 5.11 Å². The number of nitrogens with zero attached hydrogens (tertiary/aromatic N) is 1. The summed E-state index contributed by atoms with van der Waals surface area (Å²) in [5, 5.41) is 8.92. The molecule has 4 heteroatoms. The van der Waals surface area contributed by atoms with Crippen molar-refractivity contribution in [2.45, 2.75) is 33.7 Å². The van der Waals surface area contributed by atoms with E-state index in [1.165, 1.54) is 4.57 Å². The van der Waals surface area contributed by atoms with E-state index < -0.39 is 11.5 Å². The maximum atomic E-state index is 11.8. The van der Waals surface area contributed by atoms with Crippen LogP contribution in [0.5, 0.6) is 0 Å². The van der Waals surface area contributed by atoms with E-state index in [1.807, 2.05) is 13.8 Å². The zero-order chi connectivity index (χ0) is 11.6. The van der Waals surface area contributed by atoms with Crippen LogP contribution in [0.15, 0.2) is 10.9 Å². The summed E-state index contributed by atoms with van der Waals surface area (Å²) in [4.78, 5) is 22.7. The molecule has 0 bridgehead atoms. The number of carbonyl (C=O) groups is 1. The second-order valence-corrected chi connectivity index (χ2v) is 3.61. The van der Waals surface area contributed by atoms with Crippen molar-refractivity contribution >= 4 is 5.97 Å². The number of hydrogen-bond donors (Lipinski definition) is 1. The first-order valence-corrected chi connectivity index (χ1v) is 4.93. The SMILES string of the molecule is CCCn1c(C)cc(C)c(C(=O)O)c1=O. The third kappa shape index (κ3) is 2.09. The summed E-state index contributed by atoms with van der Waals surface area (Å²) in [7, 11) is 0. The Kier molecular flexibility index (Phi) is 3.29. The molecule has 0 spiro atoms. The Morgan fingerprint density at radius 3 is 2.53 bits per heavy atom. The summed E-state index contributed by atoms with van der Waals surface area (Å²) in [5.41, 5.74) is 0.817. The first-order chi connectivity index (χ1) is 6.99. The van der Waals surface area contributed by atoms with Gasteiger partial charge >= 0.3 is 5.97 Å². The number of rotatable bonds is 3. The Hall–Kier alpha value is -1.58. The van der Waals surface area contributed by atoms with E-state index >= 15 is 0 Å². The minimum absolute atomic E-state index is 0.117. The lowest BCUT2D eigenvalue weighted by Crippen LogP contribution is -2.29. The van der Waals surface area contributed by atoms with Gasteiger partial charge in [0.15, 0.2) is 0 Å². The van der Waals surface area contributed by atoms with E-state index in [0.29, 0.717) is 12.1 Å². The summed E-state index contributed by atoms with van der Waals surface area (Å²) in [5.74, 6) is -1.15. The third-order valence-corrected chi connectivity index (χ3v) is 2.37. The maximum Gasteiger partial charge on any atom is 0.341 e. The van der Waals surface area contributed by atoms with Crippen LogP contribution in [0.1, 0.15) is 35.0 Å². The predicted octanol–water partition coefficient (Wildman–Crippen LogP) is 1.57. The van der Waals surface area contributed by atoms with E-state index in [-0.39, 0.29) is 5.56 Å². The largest absolute Gasteiger partial charge is 0.477 e. The molecule has 0 fully saturated rings. The fourth-order valence-electron chi connectivity index (χ4n) is 1.69. The third-order valence-electron chi connectivity index (χ3n) is 2.37. The van der Waals surface area contributed by atoms with Crippen molar-refractivity contribution in [3.05, 3.63) is 33.2 Å². The van der Waals surface area contributed by atoms with Crippen LogP contribution >= 0.6 is 0 Å². The number of carboxylic acid groups (broad SMARTS) is 1. The second kappa shape index (κ2) is 4.29. The van der Waals surface area contributed by atoms with Gasteiger partial charge in [0.2, 0.25) is 0 Å². The van der Waals surface area contributed by atoms with Crippen LogP contribution in [0.3, 0.4) is 0 Å². The summed E-state index contributed by atoms with van der Waals surface area (Å²) >= 11 is 0. The molecule has 0 aromatic carbocycles. The Morgan fingerprint density at radius 1 is 1.47 bits per heavy atom. The van der Waals surface area contributed by atoms with Gasteiger partial charge in [-0.3, -0.25) is 4.79 Å². The Labute approximate surface area is 88.2 Å². The van der Waals surface area contributed by atoms with Crippen molar-refractivity contribution in [1.82, 2.24) is 4.57 Å². The van der Waals surface area contributed by atoms with Gasteiger partial charge < -0.3 is 9.67 Å². The molecule has 4 nitrogen and oxygen atoms in total. The maximum absolute atomic E-state index is 11.8. The minimum Gasteiger partial charge on any atom is -0.477 e. The number of aryl methyl sites for hydroxylation is 2. The van der Waals surface area contributed by atoms with Crippen LogP contribution in [-0.4, -0.2) is 15.6 Å². The minimum atomic E-state index is -1.15. The highest BCUT2D eigenvalue weighted by molar-refractivity contribution is 5.88. The van der Waals surface area contributed by atoms with Gasteiger partial charge in [-0.2, -0.15) is 0 Å². The standard InChI is InChI=1S/C11H15NO3/c1-4-5-12-8(3)6-7(2)9(10(12)13)11(14)15/h6H,4-5H2,1-3H3,(H,14,15). The van der Waals surface area contributed by atoms with Gasteiger partial charge in [0.1, 0.15) is 5.56 Å². The molecule has 1 heterocycles. The van der Waals surface area contributed by atoms with Gasteiger partial charge in [0.05, 0.1) is 0 Å². The zero-order valence-corrected chi connectivity index (χ0v) is 9.20. The fourth-order valence-corrected chi connectivity index (χ4v) is 1.69. The van der Waals surface area contributed by atoms with Crippen molar-refractivity contribution in [2.24, 2.45) is 0 Å². The van der Waals surface area contributed by atoms with Crippen molar-refractivity contribution in [3.8, 4) is 0 Å². The average molecular weight is 209 g/mol. The topological polar surface area (TPSA) is 59.3 Å². The molecular weight excluding hydrogens is 194 g/mol. The number of carboxylic acids is 1. The van der Waals surface area contributed by atoms with E-state index in [1.54, 1.807) is 13.0 Å². The van der Waals surface area contributed by atoms with Crippen molar-refractivity contribution in [1.29, 1.82) is 0 Å². The number of aromatic nitrogens is 1. The molecule has 0 aliphatic heterocycles. The second-order valence-electron chi connectivity index (χ2n) is 3.61. The van der Waals surface area contributed by atoms with Crippen LogP contribution < -0.4 is 5.56 Å². The Morgan fingerprint density at radius 2 is 2.07 bits per heavy atom. The number of aromatic carboxylic acids is 1. The van der Waals surface area contributed by atoms with Gasteiger partial charge in [0.25, 0.3) is 5.56 Å². The van der Waals surface area contributed by atoms with Gasteiger partial charge in [-0.15, -0.1) is 0 Å². The highest BCUT2D eigenvalue weighted by atomic mass is 16.4. The molecule has 0 amide bonds. The Balaban J connectivity index is 3.49. The molecule has 0 atom stereocenters. The lowest BCUT2D eigenvalue weighted by atomic mass is 10.1. The molecule has 1 N–H and O–H groups in total. The highest BCUT2D eigenvalue weighted by Crippen LogP contribution is 2.06. The van der Waals surface area contributed by atoms with Gasteiger partial charge in [-0.25, -0.2) is 4.79 Å². The smallest absolute Gasteiger partial charge is 0.341 e. The molecule has 0 saturated carbocycles. The van der Waals surface area contributed by atoms with E-state index in [2.05, 4.69) is 0 Å². The fraction of sp³-hybridized carbons (Fsp3) is 0.455. The molecule has 0 unspecified atom stereocenters. The lowest BCUT2D eigenvalue weighted by Gasteiger charge is -2.11. The molecular formula is C11H15NO3. The molecule has 1 aromatic rings. The first kappa shape index (κ1) is 11.5. The summed E-state index contributed by atoms with van der Waals surface area (Å²) < 4.78 is 1.51. The summed E-state index contributed by atoms with van der Waals surface area (Å²) in [6, 6.07) is 1.74. The Bertz CT molecular complexity index is 446. The monoisotopic (exact) mass is 209 g/mol. The normalized spacial score (nSPS) is 10.3. The molecule has 0 saturated heterocycles. The van der Waals surface area contributed by atoms with Crippen LogP contribution in [0.2, 0.25) is 0 Å². The van der Waals surface area contributed by atoms with Crippen molar-refractivity contribution in [3.63, 3.8) is 0 Å². The summed E-state index contributed by atoms with van der Waals surface area (Å²) in [6.45, 7) is 5.97. The molecule has 0 aliphatic rings. The van der Waals surface area contributed by atoms with Gasteiger partial charge in [-0.05, 0) is 31.9 Å². The average Bonchev–Trinajstić information content (AvgIpc) is 2.11. The molecule has 0 radical (unpaired) electrons. The first-order valence-electron chi connectivity index (χ1n) is 4.93. The number of pyridine rings is 1. The van der Waals surface area contributed by atoms with Gasteiger partial charge in [-0.1, -0.05) is 6.92 Å².